The number of tetrazole rings is 1. The average molecular weight is 286 g/mol. The topological polar surface area (TPSA) is 84.7 Å². The molecule has 1 aliphatic heterocycles. The normalized spacial score (nSPS) is 18.4. The van der Waals surface area contributed by atoms with Gasteiger partial charge in [0.15, 0.2) is 5.82 Å². The van der Waals surface area contributed by atoms with E-state index in [0.29, 0.717) is 5.82 Å². The van der Waals surface area contributed by atoms with Crippen LogP contribution in [0.25, 0.3) is 11.4 Å². The second-order valence-electron chi connectivity index (χ2n) is 5.20. The minimum atomic E-state index is -0.0982. The van der Waals surface area contributed by atoms with Gasteiger partial charge in [-0.2, -0.15) is 0 Å². The number of piperidine rings is 1. The van der Waals surface area contributed by atoms with Gasteiger partial charge in [-0.1, -0.05) is 18.6 Å². The number of anilines is 1. The van der Waals surface area contributed by atoms with E-state index in [1.807, 2.05) is 24.3 Å². The summed E-state index contributed by atoms with van der Waals surface area (Å²) in [5.74, 6) is 0.685. The van der Waals surface area contributed by atoms with Crippen molar-refractivity contribution in [2.75, 3.05) is 11.9 Å². The van der Waals surface area contributed by atoms with Crippen LogP contribution in [-0.4, -0.2) is 38.7 Å². The van der Waals surface area contributed by atoms with Crippen LogP contribution in [0.5, 0.6) is 0 Å². The van der Waals surface area contributed by atoms with Gasteiger partial charge in [-0.15, -0.1) is 5.10 Å². The number of aryl methyl sites for hydroxylation is 1. The van der Waals surface area contributed by atoms with Gasteiger partial charge in [0.2, 0.25) is 5.91 Å². The maximum atomic E-state index is 12.2. The summed E-state index contributed by atoms with van der Waals surface area (Å²) >= 11 is 0. The summed E-state index contributed by atoms with van der Waals surface area (Å²) in [6, 6.07) is 7.45. The Bertz CT molecular complexity index is 632. The SMILES string of the molecule is Cn1nnnc1-c1cccc(NC(=O)C2CCCCN2)c1. The predicted molar refractivity (Wildman–Crippen MR) is 78.5 cm³/mol. The lowest BCUT2D eigenvalue weighted by molar-refractivity contribution is -0.118. The van der Waals surface area contributed by atoms with Gasteiger partial charge in [-0.05, 0) is 41.9 Å². The van der Waals surface area contributed by atoms with Gasteiger partial charge in [0.25, 0.3) is 0 Å². The van der Waals surface area contributed by atoms with Crippen molar-refractivity contribution in [2.24, 2.45) is 7.05 Å². The van der Waals surface area contributed by atoms with E-state index < -0.39 is 0 Å². The Morgan fingerprint density at radius 3 is 3.05 bits per heavy atom. The van der Waals surface area contributed by atoms with Crippen LogP contribution < -0.4 is 10.6 Å². The highest BCUT2D eigenvalue weighted by atomic mass is 16.2. The van der Waals surface area contributed by atoms with Crippen LogP contribution in [-0.2, 0) is 11.8 Å². The molecule has 0 saturated carbocycles. The zero-order valence-electron chi connectivity index (χ0n) is 11.9. The Kier molecular flexibility index (Phi) is 3.92. The van der Waals surface area contributed by atoms with Gasteiger partial charge < -0.3 is 10.6 Å². The van der Waals surface area contributed by atoms with Crippen molar-refractivity contribution >= 4 is 11.6 Å². The summed E-state index contributed by atoms with van der Waals surface area (Å²) in [5.41, 5.74) is 1.63. The highest BCUT2D eigenvalue weighted by molar-refractivity contribution is 5.95. The summed E-state index contributed by atoms with van der Waals surface area (Å²) in [4.78, 5) is 12.2. The van der Waals surface area contributed by atoms with E-state index in [-0.39, 0.29) is 11.9 Å². The number of carbonyl (C=O) groups excluding carboxylic acids is 1. The van der Waals surface area contributed by atoms with Gasteiger partial charge in [-0.25, -0.2) is 4.68 Å². The third-order valence-electron chi connectivity index (χ3n) is 3.64. The monoisotopic (exact) mass is 286 g/mol. The molecule has 7 nitrogen and oxygen atoms in total. The van der Waals surface area contributed by atoms with Crippen molar-refractivity contribution in [1.29, 1.82) is 0 Å². The third-order valence-corrected chi connectivity index (χ3v) is 3.64. The molecule has 0 radical (unpaired) electrons. The molecule has 0 spiro atoms. The van der Waals surface area contributed by atoms with Crippen molar-refractivity contribution < 1.29 is 4.79 Å². The molecule has 1 aromatic carbocycles. The number of aromatic nitrogens is 4. The third kappa shape index (κ3) is 3.08. The fourth-order valence-electron chi connectivity index (χ4n) is 2.52. The minimum absolute atomic E-state index is 0.0166. The van der Waals surface area contributed by atoms with Crippen molar-refractivity contribution in [3.8, 4) is 11.4 Å². The van der Waals surface area contributed by atoms with Gasteiger partial charge >= 0.3 is 0 Å². The summed E-state index contributed by atoms with van der Waals surface area (Å²) < 4.78 is 1.60. The van der Waals surface area contributed by atoms with E-state index in [0.717, 1.165) is 37.1 Å². The van der Waals surface area contributed by atoms with E-state index in [1.54, 1.807) is 11.7 Å². The van der Waals surface area contributed by atoms with Crippen LogP contribution in [0.2, 0.25) is 0 Å². The molecule has 1 aliphatic rings. The van der Waals surface area contributed by atoms with Gasteiger partial charge in [0.05, 0.1) is 6.04 Å². The lowest BCUT2D eigenvalue weighted by atomic mass is 10.0. The standard InChI is InChI=1S/C14H18N6O/c1-20-13(17-18-19-20)10-5-4-6-11(9-10)16-14(21)12-7-2-3-8-15-12/h4-6,9,12,15H,2-3,7-8H2,1H3,(H,16,21). The first-order valence-electron chi connectivity index (χ1n) is 7.11. The summed E-state index contributed by atoms with van der Waals surface area (Å²) in [7, 11) is 1.78. The quantitative estimate of drug-likeness (QED) is 0.878. The van der Waals surface area contributed by atoms with Crippen molar-refractivity contribution in [2.45, 2.75) is 25.3 Å². The molecule has 7 heteroatoms. The molecule has 1 saturated heterocycles. The maximum absolute atomic E-state index is 12.2. The van der Waals surface area contributed by atoms with Gasteiger partial charge in [-0.3, -0.25) is 4.79 Å². The number of nitrogens with zero attached hydrogens (tertiary/aromatic N) is 4. The molecule has 2 N–H and O–H groups in total. The van der Waals surface area contributed by atoms with Crippen LogP contribution in [0.15, 0.2) is 24.3 Å². The second kappa shape index (κ2) is 6.01. The van der Waals surface area contributed by atoms with E-state index in [1.165, 1.54) is 0 Å². The highest BCUT2D eigenvalue weighted by Crippen LogP contribution is 2.20. The molecule has 21 heavy (non-hydrogen) atoms. The van der Waals surface area contributed by atoms with Crippen LogP contribution in [0.4, 0.5) is 5.69 Å². The first-order chi connectivity index (χ1) is 10.2. The Balaban J connectivity index is 1.74. The number of rotatable bonds is 3. The molecule has 2 aromatic rings. The molecule has 1 amide bonds. The first kappa shape index (κ1) is 13.7. The minimum Gasteiger partial charge on any atom is -0.325 e. The Morgan fingerprint density at radius 2 is 2.33 bits per heavy atom. The van der Waals surface area contributed by atoms with Crippen LogP contribution >= 0.6 is 0 Å². The summed E-state index contributed by atoms with van der Waals surface area (Å²) in [6.45, 7) is 0.905. The highest BCUT2D eigenvalue weighted by Gasteiger charge is 2.20. The average Bonchev–Trinajstić information content (AvgIpc) is 2.94. The molecule has 0 bridgehead atoms. The van der Waals surface area contributed by atoms with Crippen LogP contribution in [0, 0.1) is 0 Å². The number of carbonyl (C=O) groups is 1. The molecule has 110 valence electrons. The number of nitrogens with one attached hydrogen (secondary N) is 2. The Hall–Kier alpha value is -2.28. The van der Waals surface area contributed by atoms with Crippen molar-refractivity contribution in [3.05, 3.63) is 24.3 Å². The number of hydrogen-bond acceptors (Lipinski definition) is 5. The molecule has 1 aromatic heterocycles. The van der Waals surface area contributed by atoms with E-state index in [2.05, 4.69) is 26.2 Å². The fraction of sp³-hybridized carbons (Fsp3) is 0.429. The van der Waals surface area contributed by atoms with Crippen LogP contribution in [0.3, 0.4) is 0 Å². The lowest BCUT2D eigenvalue weighted by Gasteiger charge is -2.22. The molecule has 0 aliphatic carbocycles. The molecular weight excluding hydrogens is 268 g/mol. The molecule has 1 atom stereocenters. The molecule has 2 heterocycles. The Labute approximate surface area is 122 Å². The van der Waals surface area contributed by atoms with Crippen molar-refractivity contribution in [3.63, 3.8) is 0 Å². The number of hydrogen-bond donors (Lipinski definition) is 2. The summed E-state index contributed by atoms with van der Waals surface area (Å²) in [5, 5.41) is 17.6. The first-order valence-corrected chi connectivity index (χ1v) is 7.11. The van der Waals surface area contributed by atoms with Gasteiger partial charge in [0.1, 0.15) is 0 Å². The van der Waals surface area contributed by atoms with E-state index in [9.17, 15) is 4.79 Å². The van der Waals surface area contributed by atoms with Gasteiger partial charge in [0, 0.05) is 18.3 Å². The zero-order chi connectivity index (χ0) is 14.7. The predicted octanol–water partition coefficient (Wildman–Crippen LogP) is 0.958. The number of amides is 1. The summed E-state index contributed by atoms with van der Waals surface area (Å²) in [6.07, 6.45) is 3.12. The zero-order valence-corrected chi connectivity index (χ0v) is 11.9. The second-order valence-corrected chi connectivity index (χ2v) is 5.20. The van der Waals surface area contributed by atoms with Crippen molar-refractivity contribution in [1.82, 2.24) is 25.5 Å². The maximum Gasteiger partial charge on any atom is 0.241 e. The largest absolute Gasteiger partial charge is 0.325 e. The molecule has 3 rings (SSSR count). The van der Waals surface area contributed by atoms with E-state index >= 15 is 0 Å². The molecule has 1 unspecified atom stereocenters. The Morgan fingerprint density at radius 1 is 1.43 bits per heavy atom. The molecule has 1 fully saturated rings. The lowest BCUT2D eigenvalue weighted by Crippen LogP contribution is -2.43. The van der Waals surface area contributed by atoms with E-state index in [4.69, 9.17) is 0 Å². The number of benzene rings is 1. The fourth-order valence-corrected chi connectivity index (χ4v) is 2.52. The molecular formula is C14H18N6O. The smallest absolute Gasteiger partial charge is 0.241 e. The van der Waals surface area contributed by atoms with Crippen LogP contribution in [0.1, 0.15) is 19.3 Å².